The molecule has 1 rings (SSSR count). The number of benzene rings is 1. The van der Waals surface area contributed by atoms with Crippen molar-refractivity contribution in [1.29, 1.82) is 0 Å². The highest BCUT2D eigenvalue weighted by molar-refractivity contribution is 14.1. The second-order valence-corrected chi connectivity index (χ2v) is 4.48. The van der Waals surface area contributed by atoms with Gasteiger partial charge in [-0.25, -0.2) is 0 Å². The van der Waals surface area contributed by atoms with Gasteiger partial charge in [0.05, 0.1) is 22.8 Å². The Morgan fingerprint density at radius 3 is 2.71 bits per heavy atom. The van der Waals surface area contributed by atoms with E-state index in [2.05, 4.69) is 22.6 Å². The molecule has 1 aromatic rings. The molecule has 78 valence electrons. The maximum Gasteiger partial charge on any atom is 0.132 e. The molecule has 0 saturated carbocycles. The van der Waals surface area contributed by atoms with Crippen LogP contribution in [0.5, 0.6) is 5.75 Å². The molecule has 14 heavy (non-hydrogen) atoms. The van der Waals surface area contributed by atoms with E-state index in [9.17, 15) is 0 Å². The number of aliphatic hydroxyl groups is 1. The summed E-state index contributed by atoms with van der Waals surface area (Å²) in [5, 5.41) is 9.17. The van der Waals surface area contributed by atoms with E-state index in [1.807, 2.05) is 18.2 Å². The standard InChI is InChI=1S/C10H14INO2/c1-10(12,6-13)7-4-3-5-8(14-2)9(7)11/h3-5,13H,6,12H2,1-2H3/t10-/m1/s1. The Morgan fingerprint density at radius 1 is 1.57 bits per heavy atom. The fraction of sp³-hybridized carbons (Fsp3) is 0.400. The van der Waals surface area contributed by atoms with E-state index in [-0.39, 0.29) is 6.61 Å². The van der Waals surface area contributed by atoms with Crippen LogP contribution in [0.2, 0.25) is 0 Å². The van der Waals surface area contributed by atoms with Crippen LogP contribution in [-0.4, -0.2) is 18.8 Å². The van der Waals surface area contributed by atoms with E-state index >= 15 is 0 Å². The summed E-state index contributed by atoms with van der Waals surface area (Å²) in [6.45, 7) is 1.71. The predicted octanol–water partition coefficient (Wildman–Crippen LogP) is 1.47. The average Bonchev–Trinajstić information content (AvgIpc) is 2.18. The van der Waals surface area contributed by atoms with Gasteiger partial charge in [0.2, 0.25) is 0 Å². The van der Waals surface area contributed by atoms with Crippen molar-refractivity contribution in [3.8, 4) is 5.75 Å². The molecule has 0 amide bonds. The third-order valence-corrected chi connectivity index (χ3v) is 3.24. The molecule has 4 heteroatoms. The molecule has 1 aromatic carbocycles. The molecule has 3 N–H and O–H groups in total. The average molecular weight is 307 g/mol. The van der Waals surface area contributed by atoms with E-state index in [0.29, 0.717) is 0 Å². The van der Waals surface area contributed by atoms with Gasteiger partial charge in [-0.2, -0.15) is 0 Å². The number of halogens is 1. The number of aliphatic hydroxyl groups excluding tert-OH is 1. The van der Waals surface area contributed by atoms with Crippen molar-refractivity contribution in [3.05, 3.63) is 27.3 Å². The smallest absolute Gasteiger partial charge is 0.132 e. The summed E-state index contributed by atoms with van der Waals surface area (Å²) in [6.07, 6.45) is 0. The highest BCUT2D eigenvalue weighted by atomic mass is 127. The summed E-state index contributed by atoms with van der Waals surface area (Å²) in [6, 6.07) is 5.65. The minimum atomic E-state index is -0.717. The van der Waals surface area contributed by atoms with Gasteiger partial charge in [-0.3, -0.25) is 0 Å². The Bertz CT molecular complexity index is 326. The lowest BCUT2D eigenvalue weighted by molar-refractivity contribution is 0.209. The highest BCUT2D eigenvalue weighted by Crippen LogP contribution is 2.29. The maximum absolute atomic E-state index is 9.17. The maximum atomic E-state index is 9.17. The molecule has 0 bridgehead atoms. The van der Waals surface area contributed by atoms with E-state index in [0.717, 1.165) is 14.9 Å². The lowest BCUT2D eigenvalue weighted by Crippen LogP contribution is -2.37. The SMILES string of the molecule is COc1cccc([C@](C)(N)CO)c1I. The number of hydrogen-bond donors (Lipinski definition) is 2. The van der Waals surface area contributed by atoms with Crippen LogP contribution in [0.4, 0.5) is 0 Å². The quantitative estimate of drug-likeness (QED) is 0.832. The first-order valence-electron chi connectivity index (χ1n) is 4.25. The van der Waals surface area contributed by atoms with Crippen LogP contribution in [0.15, 0.2) is 18.2 Å². The monoisotopic (exact) mass is 307 g/mol. The van der Waals surface area contributed by atoms with E-state index in [4.69, 9.17) is 15.6 Å². The first-order valence-corrected chi connectivity index (χ1v) is 5.33. The zero-order chi connectivity index (χ0) is 10.8. The van der Waals surface area contributed by atoms with Gasteiger partial charge in [-0.05, 0) is 41.1 Å². The number of nitrogens with two attached hydrogens (primary N) is 1. The fourth-order valence-electron chi connectivity index (χ4n) is 1.19. The molecule has 0 aliphatic rings. The van der Waals surface area contributed by atoms with Gasteiger partial charge in [0.1, 0.15) is 5.75 Å². The minimum absolute atomic E-state index is 0.0871. The van der Waals surface area contributed by atoms with Crippen LogP contribution in [0, 0.1) is 3.57 Å². The summed E-state index contributed by atoms with van der Waals surface area (Å²) in [4.78, 5) is 0. The number of hydrogen-bond acceptors (Lipinski definition) is 3. The van der Waals surface area contributed by atoms with Gasteiger partial charge in [0, 0.05) is 0 Å². The third-order valence-electron chi connectivity index (χ3n) is 2.13. The van der Waals surface area contributed by atoms with Crippen LogP contribution in [0.1, 0.15) is 12.5 Å². The molecule has 1 atom stereocenters. The van der Waals surface area contributed by atoms with Crippen LogP contribution in [-0.2, 0) is 5.54 Å². The van der Waals surface area contributed by atoms with E-state index < -0.39 is 5.54 Å². The minimum Gasteiger partial charge on any atom is -0.496 e. The summed E-state index contributed by atoms with van der Waals surface area (Å²) in [7, 11) is 1.62. The number of ether oxygens (including phenoxy) is 1. The summed E-state index contributed by atoms with van der Waals surface area (Å²) in [5.74, 6) is 0.785. The fourth-order valence-corrected chi connectivity index (χ4v) is 2.39. The lowest BCUT2D eigenvalue weighted by atomic mass is 9.94. The highest BCUT2D eigenvalue weighted by Gasteiger charge is 2.23. The molecule has 0 unspecified atom stereocenters. The largest absolute Gasteiger partial charge is 0.496 e. The number of methoxy groups -OCH3 is 1. The van der Waals surface area contributed by atoms with Crippen molar-refractivity contribution in [2.45, 2.75) is 12.5 Å². The zero-order valence-corrected chi connectivity index (χ0v) is 10.4. The van der Waals surface area contributed by atoms with Crippen LogP contribution >= 0.6 is 22.6 Å². The second-order valence-electron chi connectivity index (χ2n) is 3.40. The normalized spacial score (nSPS) is 14.9. The van der Waals surface area contributed by atoms with E-state index in [1.165, 1.54) is 0 Å². The molecule has 0 heterocycles. The molecule has 0 aromatic heterocycles. The first-order chi connectivity index (χ1) is 6.53. The van der Waals surface area contributed by atoms with E-state index in [1.54, 1.807) is 14.0 Å². The molecule has 0 spiro atoms. The number of rotatable bonds is 3. The van der Waals surface area contributed by atoms with Gasteiger partial charge >= 0.3 is 0 Å². The summed E-state index contributed by atoms with van der Waals surface area (Å²) < 4.78 is 6.13. The Balaban J connectivity index is 3.22. The van der Waals surface area contributed by atoms with Crippen molar-refractivity contribution < 1.29 is 9.84 Å². The topological polar surface area (TPSA) is 55.5 Å². The second kappa shape index (κ2) is 4.46. The van der Waals surface area contributed by atoms with Crippen molar-refractivity contribution in [2.75, 3.05) is 13.7 Å². The molecular formula is C10H14INO2. The van der Waals surface area contributed by atoms with Gasteiger partial charge in [-0.15, -0.1) is 0 Å². The molecular weight excluding hydrogens is 293 g/mol. The molecule has 0 radical (unpaired) electrons. The molecule has 0 saturated heterocycles. The molecule has 0 aliphatic carbocycles. The van der Waals surface area contributed by atoms with Crippen molar-refractivity contribution in [3.63, 3.8) is 0 Å². The Kier molecular flexibility index (Phi) is 3.74. The molecule has 0 fully saturated rings. The molecule has 3 nitrogen and oxygen atoms in total. The Labute approximate surface area is 97.4 Å². The van der Waals surface area contributed by atoms with Gasteiger partial charge in [0.15, 0.2) is 0 Å². The third kappa shape index (κ3) is 2.18. The van der Waals surface area contributed by atoms with Gasteiger partial charge in [-0.1, -0.05) is 12.1 Å². The zero-order valence-electron chi connectivity index (χ0n) is 8.25. The molecule has 0 aliphatic heterocycles. The lowest BCUT2D eigenvalue weighted by Gasteiger charge is -2.24. The van der Waals surface area contributed by atoms with Crippen LogP contribution < -0.4 is 10.5 Å². The summed E-state index contributed by atoms with van der Waals surface area (Å²) in [5.41, 5.74) is 6.14. The predicted molar refractivity (Wildman–Crippen MR) is 64.3 cm³/mol. The Hall–Kier alpha value is -0.330. The Morgan fingerprint density at radius 2 is 2.21 bits per heavy atom. The summed E-state index contributed by atoms with van der Waals surface area (Å²) >= 11 is 2.17. The van der Waals surface area contributed by atoms with Crippen molar-refractivity contribution in [1.82, 2.24) is 0 Å². The van der Waals surface area contributed by atoms with Crippen molar-refractivity contribution >= 4 is 22.6 Å². The van der Waals surface area contributed by atoms with Crippen molar-refractivity contribution in [2.24, 2.45) is 5.73 Å². The van der Waals surface area contributed by atoms with Gasteiger partial charge < -0.3 is 15.6 Å². The van der Waals surface area contributed by atoms with Gasteiger partial charge in [0.25, 0.3) is 0 Å². The first kappa shape index (κ1) is 11.7. The van der Waals surface area contributed by atoms with Crippen LogP contribution in [0.3, 0.4) is 0 Å². The van der Waals surface area contributed by atoms with Crippen LogP contribution in [0.25, 0.3) is 0 Å².